The highest BCUT2D eigenvalue weighted by Gasteiger charge is 2.43. The third-order valence-electron chi connectivity index (χ3n) is 4.55. The lowest BCUT2D eigenvalue weighted by atomic mass is 9.93. The van der Waals surface area contributed by atoms with Crippen molar-refractivity contribution in [1.82, 2.24) is 19.8 Å². The molecular formula is C13H20F2N4. The monoisotopic (exact) mass is 270 g/mol. The van der Waals surface area contributed by atoms with Crippen LogP contribution in [0.5, 0.6) is 0 Å². The predicted octanol–water partition coefficient (Wildman–Crippen LogP) is 1.71. The summed E-state index contributed by atoms with van der Waals surface area (Å²) >= 11 is 0. The first kappa shape index (κ1) is 13.0. The fourth-order valence-electron chi connectivity index (χ4n) is 3.68. The second kappa shape index (κ2) is 5.17. The average Bonchev–Trinajstić information content (AvgIpc) is 3.03. The number of aromatic nitrogens is 2. The number of halogens is 2. The molecular weight excluding hydrogens is 250 g/mol. The normalized spacial score (nSPS) is 31.3. The molecule has 4 nitrogen and oxygen atoms in total. The molecule has 19 heavy (non-hydrogen) atoms. The van der Waals surface area contributed by atoms with E-state index in [2.05, 4.69) is 22.1 Å². The zero-order chi connectivity index (χ0) is 13.4. The first-order chi connectivity index (χ1) is 9.20. The molecule has 2 aliphatic rings. The average molecular weight is 270 g/mol. The fourth-order valence-corrected chi connectivity index (χ4v) is 3.68. The van der Waals surface area contributed by atoms with Crippen molar-refractivity contribution in [3.8, 4) is 0 Å². The second-order valence-corrected chi connectivity index (χ2v) is 5.52. The van der Waals surface area contributed by atoms with Crippen LogP contribution in [0.4, 0.5) is 8.78 Å². The molecule has 1 aromatic heterocycles. The number of likely N-dealkylation sites (tertiary alicyclic amines) is 1. The molecule has 0 aromatic carbocycles. The largest absolute Gasteiger partial charge is 0.319 e. The molecule has 0 amide bonds. The number of alkyl halides is 2. The number of rotatable bonds is 4. The van der Waals surface area contributed by atoms with Gasteiger partial charge in [0.25, 0.3) is 0 Å². The van der Waals surface area contributed by atoms with E-state index in [9.17, 15) is 8.78 Å². The van der Waals surface area contributed by atoms with Crippen molar-refractivity contribution in [2.45, 2.75) is 32.5 Å². The molecule has 0 aliphatic carbocycles. The maximum absolute atomic E-state index is 12.8. The van der Waals surface area contributed by atoms with E-state index in [1.165, 1.54) is 12.4 Å². The minimum atomic E-state index is -2.50. The Morgan fingerprint density at radius 2 is 2.32 bits per heavy atom. The summed E-state index contributed by atoms with van der Waals surface area (Å²) < 4.78 is 26.6. The number of nitrogens with one attached hydrogen (secondary N) is 1. The van der Waals surface area contributed by atoms with Crippen molar-refractivity contribution < 1.29 is 8.78 Å². The SMILES string of the molecule is CCC1C2CNCC2CN1Cc1nccn1C(F)F. The van der Waals surface area contributed by atoms with Gasteiger partial charge in [-0.05, 0) is 31.3 Å². The van der Waals surface area contributed by atoms with Crippen molar-refractivity contribution in [2.24, 2.45) is 11.8 Å². The summed E-state index contributed by atoms with van der Waals surface area (Å²) in [4.78, 5) is 6.42. The van der Waals surface area contributed by atoms with Crippen LogP contribution in [0.15, 0.2) is 12.4 Å². The van der Waals surface area contributed by atoms with E-state index < -0.39 is 6.55 Å². The van der Waals surface area contributed by atoms with Crippen LogP contribution >= 0.6 is 0 Å². The number of imidazole rings is 1. The van der Waals surface area contributed by atoms with Gasteiger partial charge in [-0.3, -0.25) is 9.47 Å². The summed E-state index contributed by atoms with van der Waals surface area (Å²) in [5.74, 6) is 1.81. The van der Waals surface area contributed by atoms with E-state index in [0.717, 1.165) is 30.6 Å². The summed E-state index contributed by atoms with van der Waals surface area (Å²) in [5, 5.41) is 3.43. The van der Waals surface area contributed by atoms with Crippen molar-refractivity contribution in [3.05, 3.63) is 18.2 Å². The zero-order valence-electron chi connectivity index (χ0n) is 11.1. The Kier molecular flexibility index (Phi) is 3.54. The van der Waals surface area contributed by atoms with Crippen LogP contribution in [0.2, 0.25) is 0 Å². The molecule has 0 radical (unpaired) electrons. The highest BCUT2D eigenvalue weighted by atomic mass is 19.3. The van der Waals surface area contributed by atoms with Crippen LogP contribution in [-0.2, 0) is 6.54 Å². The van der Waals surface area contributed by atoms with E-state index >= 15 is 0 Å². The lowest BCUT2D eigenvalue weighted by Gasteiger charge is -2.26. The molecule has 3 unspecified atom stereocenters. The molecule has 2 saturated heterocycles. The quantitative estimate of drug-likeness (QED) is 0.904. The minimum absolute atomic E-state index is 0.474. The molecule has 2 fully saturated rings. The van der Waals surface area contributed by atoms with Crippen molar-refractivity contribution in [2.75, 3.05) is 19.6 Å². The van der Waals surface area contributed by atoms with Gasteiger partial charge in [0.2, 0.25) is 0 Å². The summed E-state index contributed by atoms with van der Waals surface area (Å²) in [6.45, 7) is 3.32. The van der Waals surface area contributed by atoms with Gasteiger partial charge in [-0.15, -0.1) is 0 Å². The van der Waals surface area contributed by atoms with Gasteiger partial charge in [-0.25, -0.2) is 4.98 Å². The maximum Gasteiger partial charge on any atom is 0.319 e. The number of hydrogen-bond acceptors (Lipinski definition) is 3. The van der Waals surface area contributed by atoms with E-state index in [-0.39, 0.29) is 0 Å². The Bertz CT molecular complexity index is 434. The molecule has 3 rings (SSSR count). The van der Waals surface area contributed by atoms with Gasteiger partial charge in [0.05, 0.1) is 6.54 Å². The Morgan fingerprint density at radius 3 is 3.05 bits per heavy atom. The van der Waals surface area contributed by atoms with Crippen molar-refractivity contribution in [1.29, 1.82) is 0 Å². The Morgan fingerprint density at radius 1 is 1.47 bits per heavy atom. The zero-order valence-corrected chi connectivity index (χ0v) is 11.1. The first-order valence-electron chi connectivity index (χ1n) is 6.95. The standard InChI is InChI=1S/C13H20F2N4/c1-2-11-10-6-16-5-9(10)7-18(11)8-12-17-3-4-19(12)13(14)15/h3-4,9-11,13,16H,2,5-8H2,1H3. The van der Waals surface area contributed by atoms with Crippen LogP contribution < -0.4 is 5.32 Å². The Labute approximate surface area is 111 Å². The molecule has 0 saturated carbocycles. The smallest absolute Gasteiger partial charge is 0.316 e. The molecule has 106 valence electrons. The number of nitrogens with zero attached hydrogens (tertiary/aromatic N) is 3. The molecule has 0 spiro atoms. The topological polar surface area (TPSA) is 33.1 Å². The first-order valence-corrected chi connectivity index (χ1v) is 6.95. The van der Waals surface area contributed by atoms with Gasteiger partial charge in [0.15, 0.2) is 0 Å². The van der Waals surface area contributed by atoms with Crippen LogP contribution in [-0.4, -0.2) is 40.1 Å². The van der Waals surface area contributed by atoms with Crippen LogP contribution in [0.25, 0.3) is 0 Å². The predicted molar refractivity (Wildman–Crippen MR) is 67.8 cm³/mol. The lowest BCUT2D eigenvalue weighted by molar-refractivity contribution is 0.0628. The molecule has 3 atom stereocenters. The van der Waals surface area contributed by atoms with E-state index in [1.54, 1.807) is 0 Å². The number of hydrogen-bond donors (Lipinski definition) is 1. The van der Waals surface area contributed by atoms with Crippen LogP contribution in [0, 0.1) is 11.8 Å². The Hall–Kier alpha value is -1.01. The lowest BCUT2D eigenvalue weighted by Crippen LogP contribution is -2.35. The summed E-state index contributed by atoms with van der Waals surface area (Å²) in [5.41, 5.74) is 0. The summed E-state index contributed by atoms with van der Waals surface area (Å²) in [6.07, 6.45) is 3.89. The van der Waals surface area contributed by atoms with Gasteiger partial charge >= 0.3 is 6.55 Å². The van der Waals surface area contributed by atoms with Crippen LogP contribution in [0.1, 0.15) is 25.7 Å². The highest BCUT2D eigenvalue weighted by molar-refractivity contribution is 5.01. The second-order valence-electron chi connectivity index (χ2n) is 5.52. The van der Waals surface area contributed by atoms with E-state index in [0.29, 0.717) is 30.2 Å². The molecule has 1 N–H and O–H groups in total. The van der Waals surface area contributed by atoms with Gasteiger partial charge in [0.1, 0.15) is 5.82 Å². The molecule has 2 aliphatic heterocycles. The van der Waals surface area contributed by atoms with Crippen molar-refractivity contribution >= 4 is 0 Å². The molecule has 6 heteroatoms. The maximum atomic E-state index is 12.8. The van der Waals surface area contributed by atoms with Gasteiger partial charge in [-0.1, -0.05) is 6.92 Å². The minimum Gasteiger partial charge on any atom is -0.316 e. The van der Waals surface area contributed by atoms with Crippen LogP contribution in [0.3, 0.4) is 0 Å². The van der Waals surface area contributed by atoms with Gasteiger partial charge in [0, 0.05) is 25.0 Å². The molecule has 0 bridgehead atoms. The Balaban J connectivity index is 1.74. The molecule has 3 heterocycles. The third kappa shape index (κ3) is 2.27. The van der Waals surface area contributed by atoms with E-state index in [1.807, 2.05) is 0 Å². The summed E-state index contributed by atoms with van der Waals surface area (Å²) in [7, 11) is 0. The fraction of sp³-hybridized carbons (Fsp3) is 0.769. The van der Waals surface area contributed by atoms with Crippen molar-refractivity contribution in [3.63, 3.8) is 0 Å². The highest BCUT2D eigenvalue weighted by Crippen LogP contribution is 2.35. The van der Waals surface area contributed by atoms with Gasteiger partial charge in [-0.2, -0.15) is 8.78 Å². The van der Waals surface area contributed by atoms with Gasteiger partial charge < -0.3 is 5.32 Å². The summed E-state index contributed by atoms with van der Waals surface area (Å²) in [6, 6.07) is 0.489. The number of fused-ring (bicyclic) bond motifs is 1. The van der Waals surface area contributed by atoms with E-state index in [4.69, 9.17) is 0 Å². The third-order valence-corrected chi connectivity index (χ3v) is 4.55. The molecule has 1 aromatic rings.